The van der Waals surface area contributed by atoms with E-state index >= 15 is 0 Å². The lowest BCUT2D eigenvalue weighted by atomic mass is 9.86. The number of carbonyl (C=O) groups excluding carboxylic acids is 1. The van der Waals surface area contributed by atoms with Crippen LogP contribution >= 0.6 is 23.6 Å². The SMILES string of the molecule is COC(=O)c1c(NC(=S)Nc2ccccc2C(C)(C)C)sc(C)c1-c1ccccc1. The number of benzene rings is 2. The summed E-state index contributed by atoms with van der Waals surface area (Å²) in [7, 11) is 1.39. The zero-order valence-electron chi connectivity index (χ0n) is 17.8. The van der Waals surface area contributed by atoms with Gasteiger partial charge in [-0.05, 0) is 41.7 Å². The first-order valence-electron chi connectivity index (χ1n) is 9.67. The molecule has 0 aliphatic rings. The van der Waals surface area contributed by atoms with Crippen molar-refractivity contribution in [2.24, 2.45) is 0 Å². The standard InChI is InChI=1S/C24H26N2O2S2/c1-15-19(16-11-7-6-8-12-16)20(22(27)28-5)21(30-15)26-23(29)25-18-14-10-9-13-17(18)24(2,3)4/h6-14H,1-5H3,(H2,25,26,29). The van der Waals surface area contributed by atoms with Gasteiger partial charge in [0.15, 0.2) is 5.11 Å². The molecule has 2 aromatic carbocycles. The van der Waals surface area contributed by atoms with Gasteiger partial charge in [-0.25, -0.2) is 4.79 Å². The molecule has 0 saturated carbocycles. The smallest absolute Gasteiger partial charge is 0.341 e. The molecule has 0 atom stereocenters. The summed E-state index contributed by atoms with van der Waals surface area (Å²) in [6.07, 6.45) is 0. The number of para-hydroxylation sites is 1. The fraction of sp³-hybridized carbons (Fsp3) is 0.250. The van der Waals surface area contributed by atoms with E-state index in [1.807, 2.05) is 55.5 Å². The van der Waals surface area contributed by atoms with Crippen LogP contribution in [0.2, 0.25) is 0 Å². The van der Waals surface area contributed by atoms with Gasteiger partial charge < -0.3 is 15.4 Å². The minimum atomic E-state index is -0.390. The lowest BCUT2D eigenvalue weighted by molar-refractivity contribution is 0.0603. The Bertz CT molecular complexity index is 1070. The molecule has 0 saturated heterocycles. The fourth-order valence-electron chi connectivity index (χ4n) is 3.38. The topological polar surface area (TPSA) is 50.4 Å². The number of methoxy groups -OCH3 is 1. The van der Waals surface area contributed by atoms with Gasteiger partial charge in [0, 0.05) is 16.1 Å². The van der Waals surface area contributed by atoms with E-state index in [2.05, 4.69) is 37.5 Å². The van der Waals surface area contributed by atoms with Gasteiger partial charge in [0.2, 0.25) is 0 Å². The van der Waals surface area contributed by atoms with Crippen LogP contribution in [-0.2, 0) is 10.2 Å². The summed E-state index contributed by atoms with van der Waals surface area (Å²) in [5.41, 5.74) is 4.41. The van der Waals surface area contributed by atoms with Crippen molar-refractivity contribution < 1.29 is 9.53 Å². The second-order valence-corrected chi connectivity index (χ2v) is 9.60. The Kier molecular flexibility index (Phi) is 6.58. The Labute approximate surface area is 187 Å². The van der Waals surface area contributed by atoms with Crippen molar-refractivity contribution in [3.8, 4) is 11.1 Å². The first-order valence-corrected chi connectivity index (χ1v) is 10.9. The van der Waals surface area contributed by atoms with Crippen LogP contribution in [0.5, 0.6) is 0 Å². The van der Waals surface area contributed by atoms with E-state index in [9.17, 15) is 4.79 Å². The number of anilines is 2. The Morgan fingerprint density at radius 2 is 1.63 bits per heavy atom. The number of carbonyl (C=O) groups is 1. The molecule has 2 N–H and O–H groups in total. The molecule has 0 unspecified atom stereocenters. The number of esters is 1. The zero-order chi connectivity index (χ0) is 21.9. The van der Waals surface area contributed by atoms with Crippen LogP contribution in [0.4, 0.5) is 10.7 Å². The molecule has 0 amide bonds. The van der Waals surface area contributed by atoms with Gasteiger partial charge in [-0.1, -0.05) is 69.3 Å². The molecule has 6 heteroatoms. The number of hydrogen-bond donors (Lipinski definition) is 2. The minimum Gasteiger partial charge on any atom is -0.465 e. The second-order valence-electron chi connectivity index (χ2n) is 7.97. The fourth-order valence-corrected chi connectivity index (χ4v) is 4.73. The predicted octanol–water partition coefficient (Wildman–Crippen LogP) is 6.62. The predicted molar refractivity (Wildman–Crippen MR) is 131 cm³/mol. The molecule has 30 heavy (non-hydrogen) atoms. The maximum Gasteiger partial charge on any atom is 0.341 e. The summed E-state index contributed by atoms with van der Waals surface area (Å²) in [6, 6.07) is 17.9. The molecule has 4 nitrogen and oxygen atoms in total. The summed E-state index contributed by atoms with van der Waals surface area (Å²) < 4.78 is 5.08. The Hall–Kier alpha value is -2.70. The molecule has 3 rings (SSSR count). The van der Waals surface area contributed by atoms with Crippen molar-refractivity contribution in [1.82, 2.24) is 0 Å². The van der Waals surface area contributed by atoms with E-state index in [4.69, 9.17) is 17.0 Å². The van der Waals surface area contributed by atoms with Crippen molar-refractivity contribution in [2.75, 3.05) is 17.7 Å². The molecule has 0 radical (unpaired) electrons. The molecule has 156 valence electrons. The summed E-state index contributed by atoms with van der Waals surface area (Å²) in [5.74, 6) is -0.390. The number of rotatable bonds is 4. The van der Waals surface area contributed by atoms with Crippen molar-refractivity contribution >= 4 is 45.3 Å². The molecule has 3 aromatic rings. The highest BCUT2D eigenvalue weighted by Crippen LogP contribution is 2.40. The molecular weight excluding hydrogens is 412 g/mol. The van der Waals surface area contributed by atoms with Crippen molar-refractivity contribution in [2.45, 2.75) is 33.1 Å². The molecule has 0 aliphatic heterocycles. The third-order valence-electron chi connectivity index (χ3n) is 4.75. The first kappa shape index (κ1) is 22.0. The number of ether oxygens (including phenoxy) is 1. The lowest BCUT2D eigenvalue weighted by Gasteiger charge is -2.23. The van der Waals surface area contributed by atoms with Crippen LogP contribution in [0.1, 0.15) is 41.6 Å². The molecule has 1 aromatic heterocycles. The maximum absolute atomic E-state index is 12.6. The van der Waals surface area contributed by atoms with Gasteiger partial charge in [-0.2, -0.15) is 0 Å². The molecule has 0 bridgehead atoms. The van der Waals surface area contributed by atoms with E-state index in [1.165, 1.54) is 18.4 Å². The number of thiocarbonyl (C=S) groups is 1. The van der Waals surface area contributed by atoms with E-state index in [0.29, 0.717) is 15.7 Å². The summed E-state index contributed by atoms with van der Waals surface area (Å²) in [5, 5.41) is 7.61. The highest BCUT2D eigenvalue weighted by molar-refractivity contribution is 7.80. The van der Waals surface area contributed by atoms with Gasteiger partial charge in [-0.15, -0.1) is 11.3 Å². The second kappa shape index (κ2) is 8.98. The number of nitrogens with one attached hydrogen (secondary N) is 2. The maximum atomic E-state index is 12.6. The van der Waals surface area contributed by atoms with Crippen molar-refractivity contribution in [3.63, 3.8) is 0 Å². The van der Waals surface area contributed by atoms with Gasteiger partial charge >= 0.3 is 5.97 Å². The normalized spacial score (nSPS) is 11.1. The van der Waals surface area contributed by atoms with Crippen LogP contribution < -0.4 is 10.6 Å². The van der Waals surface area contributed by atoms with Crippen molar-refractivity contribution in [1.29, 1.82) is 0 Å². The third kappa shape index (κ3) is 4.71. The van der Waals surface area contributed by atoms with Gasteiger partial charge in [0.05, 0.1) is 7.11 Å². The van der Waals surface area contributed by atoms with Gasteiger partial charge in [-0.3, -0.25) is 0 Å². The average Bonchev–Trinajstić information content (AvgIpc) is 3.03. The Morgan fingerprint density at radius 1 is 1.00 bits per heavy atom. The van der Waals surface area contributed by atoms with E-state index in [1.54, 1.807) is 0 Å². The Morgan fingerprint density at radius 3 is 2.27 bits per heavy atom. The Balaban J connectivity index is 1.94. The van der Waals surface area contributed by atoms with Gasteiger partial charge in [0.1, 0.15) is 10.6 Å². The summed E-state index contributed by atoms with van der Waals surface area (Å²) in [4.78, 5) is 13.7. The molecule has 1 heterocycles. The van der Waals surface area contributed by atoms with E-state index < -0.39 is 5.97 Å². The number of hydrogen-bond acceptors (Lipinski definition) is 4. The van der Waals surface area contributed by atoms with Crippen LogP contribution in [0, 0.1) is 6.92 Å². The molecule has 0 spiro atoms. The monoisotopic (exact) mass is 438 g/mol. The molecular formula is C24H26N2O2S2. The highest BCUT2D eigenvalue weighted by atomic mass is 32.1. The zero-order valence-corrected chi connectivity index (χ0v) is 19.5. The van der Waals surface area contributed by atoms with Crippen LogP contribution in [-0.4, -0.2) is 18.2 Å². The van der Waals surface area contributed by atoms with Crippen LogP contribution in [0.15, 0.2) is 54.6 Å². The number of aryl methyl sites for hydroxylation is 1. The molecule has 0 fully saturated rings. The lowest BCUT2D eigenvalue weighted by Crippen LogP contribution is -2.23. The van der Waals surface area contributed by atoms with E-state index in [0.717, 1.165) is 27.3 Å². The summed E-state index contributed by atoms with van der Waals surface area (Å²) in [6.45, 7) is 8.48. The average molecular weight is 439 g/mol. The van der Waals surface area contributed by atoms with E-state index in [-0.39, 0.29) is 5.41 Å². The highest BCUT2D eigenvalue weighted by Gasteiger charge is 2.25. The van der Waals surface area contributed by atoms with Crippen LogP contribution in [0.25, 0.3) is 11.1 Å². The minimum absolute atomic E-state index is 0.0314. The first-order chi connectivity index (χ1) is 14.2. The van der Waals surface area contributed by atoms with Crippen molar-refractivity contribution in [3.05, 3.63) is 70.6 Å². The largest absolute Gasteiger partial charge is 0.465 e. The molecule has 0 aliphatic carbocycles. The number of thiophene rings is 1. The van der Waals surface area contributed by atoms with Crippen LogP contribution in [0.3, 0.4) is 0 Å². The third-order valence-corrected chi connectivity index (χ3v) is 5.97. The quantitative estimate of drug-likeness (QED) is 0.354. The summed E-state index contributed by atoms with van der Waals surface area (Å²) >= 11 is 7.07. The van der Waals surface area contributed by atoms with Gasteiger partial charge in [0.25, 0.3) is 0 Å².